The van der Waals surface area contributed by atoms with Crippen LogP contribution >= 0.6 is 15.9 Å². The van der Waals surface area contributed by atoms with E-state index >= 15 is 0 Å². The van der Waals surface area contributed by atoms with Crippen molar-refractivity contribution in [1.29, 1.82) is 0 Å². The van der Waals surface area contributed by atoms with Gasteiger partial charge in [-0.1, -0.05) is 46.3 Å². The van der Waals surface area contributed by atoms with E-state index in [0.29, 0.717) is 0 Å². The van der Waals surface area contributed by atoms with Crippen LogP contribution in [0, 0.1) is 0 Å². The Labute approximate surface area is 114 Å². The van der Waals surface area contributed by atoms with Crippen molar-refractivity contribution < 1.29 is 0 Å². The Morgan fingerprint density at radius 3 is 1.72 bits per heavy atom. The quantitative estimate of drug-likeness (QED) is 0.685. The summed E-state index contributed by atoms with van der Waals surface area (Å²) >= 11 is 3.91. The van der Waals surface area contributed by atoms with E-state index in [9.17, 15) is 0 Å². The fourth-order valence-electron chi connectivity index (χ4n) is 2.21. The minimum atomic E-state index is -0.360. The molecule has 3 rings (SSSR count). The molecule has 0 fully saturated rings. The Morgan fingerprint density at radius 2 is 1.28 bits per heavy atom. The summed E-state index contributed by atoms with van der Waals surface area (Å²) in [6, 6.07) is 18.6. The van der Waals surface area contributed by atoms with Crippen molar-refractivity contribution in [2.75, 3.05) is 0 Å². The monoisotopic (exact) mass is 300 g/mol. The van der Waals surface area contributed by atoms with Crippen LogP contribution in [0.15, 0.2) is 67.0 Å². The Bertz CT molecular complexity index is 563. The van der Waals surface area contributed by atoms with Crippen LogP contribution in [0.4, 0.5) is 0 Å². The number of hydrogen-bond donors (Lipinski definition) is 2. The van der Waals surface area contributed by atoms with E-state index in [1.165, 1.54) is 5.56 Å². The SMILES string of the molecule is BrC(c1ccccc1)(c1ccc[nH]1)c1ccc[nH]1. The molecule has 18 heavy (non-hydrogen) atoms. The van der Waals surface area contributed by atoms with Gasteiger partial charge in [0.1, 0.15) is 4.32 Å². The zero-order valence-corrected chi connectivity index (χ0v) is 11.3. The lowest BCUT2D eigenvalue weighted by molar-refractivity contribution is 0.846. The predicted octanol–water partition coefficient (Wildman–Crippen LogP) is 4.03. The number of benzene rings is 1. The van der Waals surface area contributed by atoms with E-state index in [0.717, 1.165) is 11.4 Å². The molecular weight excluding hydrogens is 288 g/mol. The highest BCUT2D eigenvalue weighted by Gasteiger charge is 2.35. The van der Waals surface area contributed by atoms with Crippen LogP contribution in [-0.2, 0) is 4.32 Å². The summed E-state index contributed by atoms with van der Waals surface area (Å²) < 4.78 is -0.360. The van der Waals surface area contributed by atoms with Crippen LogP contribution in [0.25, 0.3) is 0 Å². The summed E-state index contributed by atoms with van der Waals surface area (Å²) in [5.74, 6) is 0. The maximum atomic E-state index is 3.91. The molecule has 0 aliphatic heterocycles. The van der Waals surface area contributed by atoms with Gasteiger partial charge in [0.25, 0.3) is 0 Å². The van der Waals surface area contributed by atoms with E-state index < -0.39 is 0 Å². The van der Waals surface area contributed by atoms with Gasteiger partial charge in [-0.15, -0.1) is 0 Å². The molecule has 2 nitrogen and oxygen atoms in total. The lowest BCUT2D eigenvalue weighted by Crippen LogP contribution is -2.22. The molecule has 3 aromatic rings. The zero-order valence-electron chi connectivity index (χ0n) is 9.73. The highest BCUT2D eigenvalue weighted by atomic mass is 79.9. The molecule has 3 heteroatoms. The molecule has 0 amide bonds. The lowest BCUT2D eigenvalue weighted by atomic mass is 9.92. The third-order valence-electron chi connectivity index (χ3n) is 3.11. The third kappa shape index (κ3) is 1.71. The van der Waals surface area contributed by atoms with Gasteiger partial charge in [0.05, 0.1) is 0 Å². The van der Waals surface area contributed by atoms with Crippen LogP contribution in [0.3, 0.4) is 0 Å². The number of rotatable bonds is 3. The first-order valence-corrected chi connectivity index (χ1v) is 6.63. The van der Waals surface area contributed by atoms with E-state index in [4.69, 9.17) is 0 Å². The highest BCUT2D eigenvalue weighted by molar-refractivity contribution is 9.10. The maximum absolute atomic E-state index is 3.91. The minimum Gasteiger partial charge on any atom is -0.363 e. The van der Waals surface area contributed by atoms with Gasteiger partial charge >= 0.3 is 0 Å². The Balaban J connectivity index is 2.22. The van der Waals surface area contributed by atoms with Gasteiger partial charge in [0.15, 0.2) is 0 Å². The lowest BCUT2D eigenvalue weighted by Gasteiger charge is -2.26. The van der Waals surface area contributed by atoms with Gasteiger partial charge in [-0.3, -0.25) is 0 Å². The van der Waals surface area contributed by atoms with Gasteiger partial charge in [-0.05, 0) is 29.8 Å². The van der Waals surface area contributed by atoms with Crippen molar-refractivity contribution in [2.45, 2.75) is 4.32 Å². The largest absolute Gasteiger partial charge is 0.363 e. The second-order valence-corrected chi connectivity index (χ2v) is 5.38. The number of nitrogens with one attached hydrogen (secondary N) is 2. The van der Waals surface area contributed by atoms with Crippen molar-refractivity contribution >= 4 is 15.9 Å². The van der Waals surface area contributed by atoms with E-state index in [1.54, 1.807) is 0 Å². The average Bonchev–Trinajstić information content (AvgIpc) is 3.12. The highest BCUT2D eigenvalue weighted by Crippen LogP contribution is 2.42. The summed E-state index contributed by atoms with van der Waals surface area (Å²) in [5, 5.41) is 0. The molecule has 0 saturated heterocycles. The summed E-state index contributed by atoms with van der Waals surface area (Å²) in [6.07, 6.45) is 3.88. The average molecular weight is 301 g/mol. The molecule has 0 bridgehead atoms. The van der Waals surface area contributed by atoms with Crippen LogP contribution in [0.2, 0.25) is 0 Å². The van der Waals surface area contributed by atoms with E-state index in [2.05, 4.69) is 62.3 Å². The molecule has 2 aromatic heterocycles. The molecule has 1 aromatic carbocycles. The second kappa shape index (κ2) is 4.50. The summed E-state index contributed by atoms with van der Waals surface area (Å²) in [6.45, 7) is 0. The van der Waals surface area contributed by atoms with Gasteiger partial charge in [-0.25, -0.2) is 0 Å². The molecule has 2 N–H and O–H groups in total. The number of halogens is 1. The first kappa shape index (κ1) is 11.4. The van der Waals surface area contributed by atoms with Gasteiger partial charge in [-0.2, -0.15) is 0 Å². The molecular formula is C15H13BrN2. The molecule has 0 radical (unpaired) electrons. The van der Waals surface area contributed by atoms with Gasteiger partial charge in [0.2, 0.25) is 0 Å². The molecule has 0 aliphatic carbocycles. The first-order valence-electron chi connectivity index (χ1n) is 5.84. The first-order chi connectivity index (χ1) is 8.82. The molecule has 0 unspecified atom stereocenters. The van der Waals surface area contributed by atoms with Crippen molar-refractivity contribution in [3.8, 4) is 0 Å². The van der Waals surface area contributed by atoms with Crippen LogP contribution in [0.1, 0.15) is 17.0 Å². The van der Waals surface area contributed by atoms with E-state index in [-0.39, 0.29) is 4.32 Å². The summed E-state index contributed by atoms with van der Waals surface area (Å²) in [7, 11) is 0. The summed E-state index contributed by atoms with van der Waals surface area (Å²) in [4.78, 5) is 6.60. The van der Waals surface area contributed by atoms with E-state index in [1.807, 2.05) is 30.6 Å². The summed E-state index contributed by atoms with van der Waals surface area (Å²) in [5.41, 5.74) is 3.40. The van der Waals surface area contributed by atoms with Gasteiger partial charge < -0.3 is 9.97 Å². The smallest absolute Gasteiger partial charge is 0.130 e. The molecule has 0 spiro atoms. The minimum absolute atomic E-state index is 0.360. The number of aromatic nitrogens is 2. The number of alkyl halides is 1. The topological polar surface area (TPSA) is 31.6 Å². The fraction of sp³-hybridized carbons (Fsp3) is 0.0667. The third-order valence-corrected chi connectivity index (χ3v) is 4.42. The fourth-order valence-corrected chi connectivity index (χ4v) is 2.97. The Kier molecular flexibility index (Phi) is 2.84. The second-order valence-electron chi connectivity index (χ2n) is 4.19. The van der Waals surface area contributed by atoms with Crippen LogP contribution < -0.4 is 0 Å². The Hall–Kier alpha value is -1.74. The van der Waals surface area contributed by atoms with Crippen LogP contribution in [0.5, 0.6) is 0 Å². The number of hydrogen-bond acceptors (Lipinski definition) is 0. The van der Waals surface area contributed by atoms with Crippen molar-refractivity contribution in [2.24, 2.45) is 0 Å². The molecule has 2 heterocycles. The van der Waals surface area contributed by atoms with Crippen molar-refractivity contribution in [1.82, 2.24) is 9.97 Å². The standard InChI is InChI=1S/C15H13BrN2/c16-15(13-8-4-10-17-13,14-9-5-11-18-14)12-6-2-1-3-7-12/h1-11,17-18H. The van der Waals surface area contributed by atoms with Crippen molar-refractivity contribution in [3.63, 3.8) is 0 Å². The maximum Gasteiger partial charge on any atom is 0.130 e. The molecule has 90 valence electrons. The van der Waals surface area contributed by atoms with Crippen LogP contribution in [-0.4, -0.2) is 9.97 Å². The number of aromatic amines is 2. The number of H-pyrrole nitrogens is 2. The predicted molar refractivity (Wildman–Crippen MR) is 76.8 cm³/mol. The molecule has 0 aliphatic rings. The Morgan fingerprint density at radius 1 is 0.722 bits per heavy atom. The van der Waals surface area contributed by atoms with Gasteiger partial charge in [0, 0.05) is 23.8 Å². The zero-order chi connectivity index (χ0) is 12.4. The molecule has 0 saturated carbocycles. The molecule has 0 atom stereocenters. The normalized spacial score (nSPS) is 11.6. The van der Waals surface area contributed by atoms with Crippen molar-refractivity contribution in [3.05, 3.63) is 83.9 Å².